The number of esters is 1. The molecule has 0 saturated carbocycles. The quantitative estimate of drug-likeness (QED) is 0.660. The van der Waals surface area contributed by atoms with Crippen molar-refractivity contribution >= 4 is 17.6 Å². The molecule has 0 aliphatic rings. The van der Waals surface area contributed by atoms with Gasteiger partial charge in [0, 0.05) is 12.6 Å². The Balaban J connectivity index is 2.85. The summed E-state index contributed by atoms with van der Waals surface area (Å²) in [4.78, 5) is 22.4. The van der Waals surface area contributed by atoms with Crippen LogP contribution in [0.1, 0.15) is 24.2 Å². The number of carbonyl (C=O) groups is 2. The van der Waals surface area contributed by atoms with E-state index in [1.165, 1.54) is 19.1 Å². The van der Waals surface area contributed by atoms with Gasteiger partial charge < -0.3 is 10.1 Å². The Morgan fingerprint density at radius 1 is 1.44 bits per heavy atom. The molecule has 1 rings (SSSR count). The van der Waals surface area contributed by atoms with Crippen LogP contribution >= 0.6 is 0 Å². The lowest BCUT2D eigenvalue weighted by Gasteiger charge is -2.06. The summed E-state index contributed by atoms with van der Waals surface area (Å²) in [5.74, 6) is -1.75. The number of amides is 1. The number of hydrogen-bond donors (Lipinski definition) is 1. The monoisotopic (exact) mass is 251 g/mol. The zero-order chi connectivity index (χ0) is 13.5. The Labute approximate surface area is 104 Å². The first-order valence-corrected chi connectivity index (χ1v) is 5.40. The molecule has 0 aromatic heterocycles. The predicted octanol–water partition coefficient (Wildman–Crippen LogP) is 2.52. The van der Waals surface area contributed by atoms with Crippen LogP contribution in [0, 0.1) is 5.82 Å². The minimum absolute atomic E-state index is 0.0825. The third-order valence-electron chi connectivity index (χ3n) is 2.05. The molecule has 0 fully saturated rings. The van der Waals surface area contributed by atoms with E-state index in [0.29, 0.717) is 5.69 Å². The minimum Gasteiger partial charge on any atom is -0.458 e. The van der Waals surface area contributed by atoms with Crippen LogP contribution in [0.5, 0.6) is 0 Å². The van der Waals surface area contributed by atoms with Crippen LogP contribution < -0.4 is 5.32 Å². The van der Waals surface area contributed by atoms with E-state index < -0.39 is 11.8 Å². The highest BCUT2D eigenvalue weighted by molar-refractivity contribution is 5.93. The highest BCUT2D eigenvalue weighted by Crippen LogP contribution is 2.15. The second-order valence-corrected chi connectivity index (χ2v) is 3.54. The number of rotatable bonds is 4. The number of carbonyl (C=O) groups excluding carboxylic acids is 2. The second kappa shape index (κ2) is 6.54. The SMILES string of the molecule is C/C=C/COC(=O)c1cc(NC(C)=O)ccc1F. The molecule has 0 atom stereocenters. The molecule has 1 amide bonds. The van der Waals surface area contributed by atoms with E-state index in [2.05, 4.69) is 5.32 Å². The van der Waals surface area contributed by atoms with Crippen molar-refractivity contribution in [3.63, 3.8) is 0 Å². The van der Waals surface area contributed by atoms with E-state index in [9.17, 15) is 14.0 Å². The normalized spacial score (nSPS) is 10.4. The van der Waals surface area contributed by atoms with Crippen molar-refractivity contribution in [2.75, 3.05) is 11.9 Å². The van der Waals surface area contributed by atoms with Crippen molar-refractivity contribution in [3.8, 4) is 0 Å². The third kappa shape index (κ3) is 4.01. The molecule has 0 bridgehead atoms. The summed E-state index contributed by atoms with van der Waals surface area (Å²) in [6, 6.07) is 3.73. The van der Waals surface area contributed by atoms with Crippen molar-refractivity contribution < 1.29 is 18.7 Å². The van der Waals surface area contributed by atoms with Crippen LogP contribution in [-0.2, 0) is 9.53 Å². The van der Waals surface area contributed by atoms with E-state index in [-0.39, 0.29) is 18.1 Å². The molecule has 18 heavy (non-hydrogen) atoms. The fraction of sp³-hybridized carbons (Fsp3) is 0.231. The van der Waals surface area contributed by atoms with Gasteiger partial charge in [-0.3, -0.25) is 4.79 Å². The summed E-state index contributed by atoms with van der Waals surface area (Å²) in [6.45, 7) is 3.19. The van der Waals surface area contributed by atoms with Gasteiger partial charge in [0.15, 0.2) is 0 Å². The lowest BCUT2D eigenvalue weighted by molar-refractivity contribution is -0.114. The molecule has 1 N–H and O–H groups in total. The molecule has 96 valence electrons. The van der Waals surface area contributed by atoms with Crippen molar-refractivity contribution in [2.24, 2.45) is 0 Å². The highest BCUT2D eigenvalue weighted by Gasteiger charge is 2.13. The molecular formula is C13H14FNO3. The van der Waals surface area contributed by atoms with Gasteiger partial charge in [-0.05, 0) is 25.1 Å². The van der Waals surface area contributed by atoms with Crippen molar-refractivity contribution in [1.29, 1.82) is 0 Å². The molecule has 1 aromatic carbocycles. The lowest BCUT2D eigenvalue weighted by atomic mass is 10.2. The van der Waals surface area contributed by atoms with Crippen molar-refractivity contribution in [3.05, 3.63) is 41.7 Å². The van der Waals surface area contributed by atoms with Crippen LogP contribution in [-0.4, -0.2) is 18.5 Å². The first-order valence-electron chi connectivity index (χ1n) is 5.40. The summed E-state index contributed by atoms with van der Waals surface area (Å²) in [5, 5.41) is 2.47. The molecule has 0 spiro atoms. The maximum absolute atomic E-state index is 13.4. The maximum atomic E-state index is 13.4. The molecule has 1 aromatic rings. The van der Waals surface area contributed by atoms with Gasteiger partial charge in [0.2, 0.25) is 5.91 Å². The Morgan fingerprint density at radius 3 is 2.78 bits per heavy atom. The van der Waals surface area contributed by atoms with E-state index in [1.807, 2.05) is 0 Å². The van der Waals surface area contributed by atoms with E-state index >= 15 is 0 Å². The van der Waals surface area contributed by atoms with Gasteiger partial charge >= 0.3 is 5.97 Å². The zero-order valence-corrected chi connectivity index (χ0v) is 10.2. The van der Waals surface area contributed by atoms with Gasteiger partial charge in [-0.15, -0.1) is 0 Å². The third-order valence-corrected chi connectivity index (χ3v) is 2.05. The number of allylic oxidation sites excluding steroid dienone is 1. The van der Waals surface area contributed by atoms with Crippen LogP contribution in [0.25, 0.3) is 0 Å². The molecule has 0 saturated heterocycles. The highest BCUT2D eigenvalue weighted by atomic mass is 19.1. The van der Waals surface area contributed by atoms with Crippen LogP contribution in [0.4, 0.5) is 10.1 Å². The number of benzene rings is 1. The second-order valence-electron chi connectivity index (χ2n) is 3.54. The standard InChI is InChI=1S/C13H14FNO3/c1-3-4-7-18-13(17)11-8-10(15-9(2)16)5-6-12(11)14/h3-6,8H,7H2,1-2H3,(H,15,16)/b4-3+. The van der Waals surface area contributed by atoms with Crippen molar-refractivity contribution in [1.82, 2.24) is 0 Å². The maximum Gasteiger partial charge on any atom is 0.341 e. The van der Waals surface area contributed by atoms with Crippen LogP contribution in [0.15, 0.2) is 30.4 Å². The van der Waals surface area contributed by atoms with E-state index in [4.69, 9.17) is 4.74 Å². The van der Waals surface area contributed by atoms with Gasteiger partial charge in [-0.2, -0.15) is 0 Å². The number of nitrogens with one attached hydrogen (secondary N) is 1. The predicted molar refractivity (Wildman–Crippen MR) is 65.8 cm³/mol. The Morgan fingerprint density at radius 2 is 2.17 bits per heavy atom. The van der Waals surface area contributed by atoms with Gasteiger partial charge in [-0.1, -0.05) is 12.2 Å². The summed E-state index contributed by atoms with van der Waals surface area (Å²) < 4.78 is 18.3. The summed E-state index contributed by atoms with van der Waals surface area (Å²) in [6.07, 6.45) is 3.35. The Kier molecular flexibility index (Phi) is 5.05. The largest absolute Gasteiger partial charge is 0.458 e. The molecule has 0 aliphatic carbocycles. The fourth-order valence-corrected chi connectivity index (χ4v) is 1.26. The van der Waals surface area contributed by atoms with Gasteiger partial charge in [0.05, 0.1) is 5.56 Å². The average molecular weight is 251 g/mol. The Bertz CT molecular complexity index is 483. The lowest BCUT2D eigenvalue weighted by Crippen LogP contribution is -2.10. The summed E-state index contributed by atoms with van der Waals surface area (Å²) in [5.41, 5.74) is 0.146. The molecule has 0 aliphatic heterocycles. The van der Waals surface area contributed by atoms with Gasteiger partial charge in [0.25, 0.3) is 0 Å². The smallest absolute Gasteiger partial charge is 0.341 e. The number of anilines is 1. The molecule has 0 unspecified atom stereocenters. The van der Waals surface area contributed by atoms with Crippen LogP contribution in [0.3, 0.4) is 0 Å². The summed E-state index contributed by atoms with van der Waals surface area (Å²) >= 11 is 0. The number of halogens is 1. The molecule has 0 radical (unpaired) electrons. The average Bonchev–Trinajstić information content (AvgIpc) is 2.31. The minimum atomic E-state index is -0.766. The van der Waals surface area contributed by atoms with Gasteiger partial charge in [-0.25, -0.2) is 9.18 Å². The first-order chi connectivity index (χ1) is 8.54. The molecule has 5 heteroatoms. The van der Waals surface area contributed by atoms with Gasteiger partial charge in [0.1, 0.15) is 12.4 Å². The van der Waals surface area contributed by atoms with Crippen LogP contribution in [0.2, 0.25) is 0 Å². The zero-order valence-electron chi connectivity index (χ0n) is 10.2. The number of hydrogen-bond acceptors (Lipinski definition) is 3. The van der Waals surface area contributed by atoms with E-state index in [0.717, 1.165) is 6.07 Å². The molecule has 0 heterocycles. The first kappa shape index (κ1) is 13.9. The molecular weight excluding hydrogens is 237 g/mol. The number of ether oxygens (including phenoxy) is 1. The Hall–Kier alpha value is -2.17. The fourth-order valence-electron chi connectivity index (χ4n) is 1.26. The van der Waals surface area contributed by atoms with Crippen molar-refractivity contribution in [2.45, 2.75) is 13.8 Å². The molecule has 4 nitrogen and oxygen atoms in total. The summed E-state index contributed by atoms with van der Waals surface area (Å²) in [7, 11) is 0. The van der Waals surface area contributed by atoms with E-state index in [1.54, 1.807) is 19.1 Å². The topological polar surface area (TPSA) is 55.4 Å².